The van der Waals surface area contributed by atoms with E-state index in [0.717, 1.165) is 21.1 Å². The zero-order valence-electron chi connectivity index (χ0n) is 14.6. The number of benzene rings is 1. The summed E-state index contributed by atoms with van der Waals surface area (Å²) >= 11 is 1.54. The summed E-state index contributed by atoms with van der Waals surface area (Å²) in [6, 6.07) is 9.79. The average molecular weight is 369 g/mol. The van der Waals surface area contributed by atoms with Gasteiger partial charge in [0.25, 0.3) is 0 Å². The molecule has 2 aromatic heterocycles. The number of hydrogen-bond donors (Lipinski definition) is 1. The van der Waals surface area contributed by atoms with Gasteiger partial charge in [-0.25, -0.2) is 4.52 Å². The molecule has 0 bridgehead atoms. The van der Waals surface area contributed by atoms with Gasteiger partial charge in [-0.15, -0.1) is 5.10 Å². The van der Waals surface area contributed by atoms with Crippen LogP contribution in [0.1, 0.15) is 22.6 Å². The van der Waals surface area contributed by atoms with E-state index in [4.69, 9.17) is 0 Å². The third-order valence-corrected chi connectivity index (χ3v) is 5.73. The Kier molecular flexibility index (Phi) is 4.20. The number of amides is 2. The van der Waals surface area contributed by atoms with Gasteiger partial charge in [0.15, 0.2) is 0 Å². The van der Waals surface area contributed by atoms with Crippen molar-refractivity contribution in [2.45, 2.75) is 26.8 Å². The summed E-state index contributed by atoms with van der Waals surface area (Å²) in [6.45, 7) is 4.93. The second-order valence-corrected chi connectivity index (χ2v) is 7.71. The first-order chi connectivity index (χ1) is 12.5. The van der Waals surface area contributed by atoms with Gasteiger partial charge in [-0.1, -0.05) is 41.7 Å². The van der Waals surface area contributed by atoms with Gasteiger partial charge in [0, 0.05) is 24.4 Å². The molecular weight excluding hydrogens is 350 g/mol. The Morgan fingerprint density at radius 2 is 2.08 bits per heavy atom. The number of carbonyl (C=O) groups excluding carboxylic acids is 2. The zero-order valence-corrected chi connectivity index (χ0v) is 15.4. The molecule has 26 heavy (non-hydrogen) atoms. The van der Waals surface area contributed by atoms with E-state index in [2.05, 4.69) is 15.4 Å². The molecule has 0 saturated carbocycles. The Morgan fingerprint density at radius 1 is 1.31 bits per heavy atom. The Balaban J connectivity index is 1.42. The largest absolute Gasteiger partial charge is 0.338 e. The number of hydrogen-bond acceptors (Lipinski definition) is 5. The van der Waals surface area contributed by atoms with Crippen LogP contribution in [-0.4, -0.2) is 37.9 Å². The molecular formula is C18H19N5O2S. The van der Waals surface area contributed by atoms with Crippen molar-refractivity contribution in [1.29, 1.82) is 0 Å². The topological polar surface area (TPSA) is 79.6 Å². The van der Waals surface area contributed by atoms with Crippen LogP contribution < -0.4 is 5.32 Å². The predicted octanol–water partition coefficient (Wildman–Crippen LogP) is 2.39. The highest BCUT2D eigenvalue weighted by atomic mass is 32.1. The van der Waals surface area contributed by atoms with E-state index in [1.165, 1.54) is 11.3 Å². The maximum Gasteiger partial charge on any atom is 0.250 e. The first-order valence-corrected chi connectivity index (χ1v) is 9.28. The quantitative estimate of drug-likeness (QED) is 0.766. The molecule has 0 spiro atoms. The molecule has 1 fully saturated rings. The van der Waals surface area contributed by atoms with E-state index in [0.29, 0.717) is 19.0 Å². The van der Waals surface area contributed by atoms with Gasteiger partial charge < -0.3 is 4.90 Å². The lowest BCUT2D eigenvalue weighted by atomic mass is 10.1. The second-order valence-electron chi connectivity index (χ2n) is 6.52. The normalized spacial score (nSPS) is 17.2. The molecule has 1 aromatic carbocycles. The molecule has 8 heteroatoms. The summed E-state index contributed by atoms with van der Waals surface area (Å²) in [5.74, 6) is -0.297. The van der Waals surface area contributed by atoms with Crippen LogP contribution in [0.15, 0.2) is 30.3 Å². The summed E-state index contributed by atoms with van der Waals surface area (Å²) in [5.41, 5.74) is 2.08. The molecule has 3 aromatic rings. The fourth-order valence-corrected chi connectivity index (χ4v) is 4.02. The highest BCUT2D eigenvalue weighted by molar-refractivity contribution is 7.17. The number of carbonyl (C=O) groups is 2. The van der Waals surface area contributed by atoms with E-state index in [1.54, 1.807) is 9.42 Å². The maximum absolute atomic E-state index is 12.5. The lowest BCUT2D eigenvalue weighted by Crippen LogP contribution is -2.28. The van der Waals surface area contributed by atoms with Gasteiger partial charge in [-0.05, 0) is 19.4 Å². The van der Waals surface area contributed by atoms with Gasteiger partial charge in [-0.2, -0.15) is 4.98 Å². The summed E-state index contributed by atoms with van der Waals surface area (Å²) < 4.78 is 1.73. The number of rotatable bonds is 4. The Labute approximate surface area is 154 Å². The summed E-state index contributed by atoms with van der Waals surface area (Å²) in [6.07, 6.45) is 0.221. The standard InChI is InChI=1S/C18H19N5O2S/c1-11-12(2)26-18-20-17(21-23(11)18)19-16(25)14-8-15(24)22(10-14)9-13-6-4-3-5-7-13/h3-7,14H,8-10H2,1-2H3,(H,19,21,25). The fraction of sp³-hybridized carbons (Fsp3) is 0.333. The zero-order chi connectivity index (χ0) is 18.3. The van der Waals surface area contributed by atoms with Crippen LogP contribution in [0, 0.1) is 19.8 Å². The second kappa shape index (κ2) is 6.53. The SMILES string of the molecule is Cc1sc2nc(NC(=O)C3CC(=O)N(Cc4ccccc4)C3)nn2c1C. The molecule has 0 aliphatic carbocycles. The van der Waals surface area contributed by atoms with Crippen molar-refractivity contribution in [2.75, 3.05) is 11.9 Å². The Hall–Kier alpha value is -2.74. The monoisotopic (exact) mass is 369 g/mol. The molecule has 1 saturated heterocycles. The van der Waals surface area contributed by atoms with Crippen LogP contribution in [-0.2, 0) is 16.1 Å². The molecule has 4 rings (SSSR count). The molecule has 3 heterocycles. The highest BCUT2D eigenvalue weighted by Crippen LogP contribution is 2.23. The first kappa shape index (κ1) is 16.7. The smallest absolute Gasteiger partial charge is 0.250 e. The third kappa shape index (κ3) is 3.08. The van der Waals surface area contributed by atoms with Crippen molar-refractivity contribution in [1.82, 2.24) is 19.5 Å². The Bertz CT molecular complexity index is 978. The molecule has 7 nitrogen and oxygen atoms in total. The fourth-order valence-electron chi connectivity index (χ4n) is 3.11. The number of aryl methyl sites for hydroxylation is 2. The van der Waals surface area contributed by atoms with Gasteiger partial charge in [0.1, 0.15) is 0 Å². The molecule has 0 radical (unpaired) electrons. The van der Waals surface area contributed by atoms with Gasteiger partial charge >= 0.3 is 0 Å². The van der Waals surface area contributed by atoms with Crippen molar-refractivity contribution in [3.63, 3.8) is 0 Å². The van der Waals surface area contributed by atoms with Crippen LogP contribution in [0.25, 0.3) is 4.96 Å². The summed E-state index contributed by atoms with van der Waals surface area (Å²) in [4.78, 5) is 32.8. The molecule has 1 atom stereocenters. The van der Waals surface area contributed by atoms with E-state index in [1.807, 2.05) is 44.2 Å². The molecule has 2 amide bonds. The van der Waals surface area contributed by atoms with Crippen molar-refractivity contribution < 1.29 is 9.59 Å². The minimum Gasteiger partial charge on any atom is -0.338 e. The van der Waals surface area contributed by atoms with E-state index < -0.39 is 0 Å². The van der Waals surface area contributed by atoms with Gasteiger partial charge in [0.05, 0.1) is 11.6 Å². The number of thiazole rings is 1. The minimum absolute atomic E-state index is 0.000690. The minimum atomic E-state index is -0.379. The van der Waals surface area contributed by atoms with Crippen LogP contribution in [0.4, 0.5) is 5.95 Å². The lowest BCUT2D eigenvalue weighted by molar-refractivity contribution is -0.128. The number of likely N-dealkylation sites (tertiary alicyclic amines) is 1. The van der Waals surface area contributed by atoms with Crippen molar-refractivity contribution in [2.24, 2.45) is 5.92 Å². The van der Waals surface area contributed by atoms with E-state index in [9.17, 15) is 9.59 Å². The number of nitrogens with zero attached hydrogens (tertiary/aromatic N) is 4. The van der Waals surface area contributed by atoms with Crippen molar-refractivity contribution in [3.8, 4) is 0 Å². The summed E-state index contributed by atoms with van der Waals surface area (Å²) in [5, 5.41) is 7.09. The molecule has 1 aliphatic rings. The van der Waals surface area contributed by atoms with Crippen LogP contribution in [0.3, 0.4) is 0 Å². The van der Waals surface area contributed by atoms with Crippen molar-refractivity contribution in [3.05, 3.63) is 46.5 Å². The molecule has 1 unspecified atom stereocenters. The van der Waals surface area contributed by atoms with Gasteiger partial charge in [0.2, 0.25) is 22.7 Å². The van der Waals surface area contributed by atoms with Crippen LogP contribution in [0.2, 0.25) is 0 Å². The third-order valence-electron chi connectivity index (χ3n) is 4.69. The maximum atomic E-state index is 12.5. The number of aromatic nitrogens is 3. The molecule has 1 N–H and O–H groups in total. The van der Waals surface area contributed by atoms with E-state index in [-0.39, 0.29) is 24.2 Å². The number of fused-ring (bicyclic) bond motifs is 1. The Morgan fingerprint density at radius 3 is 2.81 bits per heavy atom. The number of nitrogens with one attached hydrogen (secondary N) is 1. The highest BCUT2D eigenvalue weighted by Gasteiger charge is 2.34. The first-order valence-electron chi connectivity index (χ1n) is 8.46. The van der Waals surface area contributed by atoms with E-state index >= 15 is 0 Å². The van der Waals surface area contributed by atoms with Crippen LogP contribution in [0.5, 0.6) is 0 Å². The lowest BCUT2D eigenvalue weighted by Gasteiger charge is -2.16. The average Bonchev–Trinajstić information content (AvgIpc) is 3.25. The predicted molar refractivity (Wildman–Crippen MR) is 98.9 cm³/mol. The van der Waals surface area contributed by atoms with Crippen LogP contribution >= 0.6 is 11.3 Å². The van der Waals surface area contributed by atoms with Crippen molar-refractivity contribution >= 4 is 34.1 Å². The molecule has 1 aliphatic heterocycles. The molecule has 134 valence electrons. The number of anilines is 1. The summed E-state index contributed by atoms with van der Waals surface area (Å²) in [7, 11) is 0. The van der Waals surface area contributed by atoms with Gasteiger partial charge in [-0.3, -0.25) is 14.9 Å².